The molecule has 2 aliphatic rings. The Balaban J connectivity index is 1.69. The van der Waals surface area contributed by atoms with E-state index in [1.165, 1.54) is 0 Å². The van der Waals surface area contributed by atoms with E-state index in [0.717, 1.165) is 24.1 Å². The lowest BCUT2D eigenvalue weighted by Gasteiger charge is -2.42. The van der Waals surface area contributed by atoms with Crippen LogP contribution in [0.3, 0.4) is 0 Å². The molecule has 2 aromatic heterocycles. The van der Waals surface area contributed by atoms with E-state index in [1.54, 1.807) is 13.1 Å². The maximum atomic E-state index is 15.2. The van der Waals surface area contributed by atoms with Crippen LogP contribution in [0.2, 0.25) is 5.15 Å². The highest BCUT2D eigenvalue weighted by Gasteiger charge is 2.45. The minimum absolute atomic E-state index is 0.00183. The molecule has 0 N–H and O–H groups in total. The first kappa shape index (κ1) is 24.6. The van der Waals surface area contributed by atoms with Gasteiger partial charge < -0.3 is 14.4 Å². The lowest BCUT2D eigenvalue weighted by Crippen LogP contribution is -2.57. The molecule has 4 heterocycles. The zero-order chi connectivity index (χ0) is 24.8. The Kier molecular flexibility index (Phi) is 6.73. The number of aryl methyl sites for hydroxylation is 2. The second kappa shape index (κ2) is 9.29. The fraction of sp³-hybridized carbons (Fsp3) is 0.600. The molecular weight excluding hydrogens is 459 g/mol. The number of fused-ring (bicyclic) bond motifs is 3. The van der Waals surface area contributed by atoms with Crippen molar-refractivity contribution in [1.29, 1.82) is 0 Å². The number of anilines is 1. The topological polar surface area (TPSA) is 75.6 Å². The Morgan fingerprint density at radius 3 is 2.47 bits per heavy atom. The zero-order valence-electron chi connectivity index (χ0n) is 20.5. The minimum Gasteiger partial charge on any atom is -0.444 e. The van der Waals surface area contributed by atoms with Gasteiger partial charge in [0.1, 0.15) is 17.2 Å². The monoisotopic (exact) mass is 490 g/mol. The Labute approximate surface area is 204 Å². The molecule has 2 unspecified atom stereocenters. The van der Waals surface area contributed by atoms with Crippen LogP contribution in [0.5, 0.6) is 0 Å². The molecule has 184 valence electrons. The summed E-state index contributed by atoms with van der Waals surface area (Å²) in [7, 11) is 0. The SMILES string of the molecule is CC(=O)CCCc1nc(N2CC3CCC(C2)N3C(=O)OC(C)(C)C)c2cnc(Cl)c(F)c2c1C. The van der Waals surface area contributed by atoms with Crippen molar-refractivity contribution in [2.45, 2.75) is 84.4 Å². The molecule has 7 nitrogen and oxygen atoms in total. The molecule has 2 aliphatic heterocycles. The number of halogens is 2. The molecule has 4 rings (SSSR count). The minimum atomic E-state index is -0.556. The molecule has 2 saturated heterocycles. The van der Waals surface area contributed by atoms with Gasteiger partial charge in [-0.1, -0.05) is 11.6 Å². The van der Waals surface area contributed by atoms with Crippen LogP contribution in [0, 0.1) is 12.7 Å². The third kappa shape index (κ3) is 4.83. The molecule has 0 aromatic carbocycles. The van der Waals surface area contributed by atoms with Crippen molar-refractivity contribution in [3.05, 3.63) is 28.4 Å². The third-order valence-corrected chi connectivity index (χ3v) is 6.86. The highest BCUT2D eigenvalue weighted by molar-refractivity contribution is 6.30. The van der Waals surface area contributed by atoms with Gasteiger partial charge in [0.2, 0.25) is 0 Å². The van der Waals surface area contributed by atoms with Crippen LogP contribution >= 0.6 is 11.6 Å². The van der Waals surface area contributed by atoms with Crippen molar-refractivity contribution >= 4 is 40.1 Å². The standard InChI is InChI=1S/C25H32ClFN4O3/c1-14(32)7-6-8-19-15(2)20-18(11-28-22(26)21(20)27)23(29-19)30-12-16-9-10-17(13-30)31(16)24(33)34-25(3,4)5/h11,16-17H,6-10,12-13H2,1-5H3. The summed E-state index contributed by atoms with van der Waals surface area (Å²) in [6, 6.07) is -0.00366. The Bertz CT molecular complexity index is 1120. The fourth-order valence-corrected chi connectivity index (χ4v) is 5.24. The molecule has 2 fully saturated rings. The molecule has 2 aromatic rings. The number of carbonyl (C=O) groups excluding carboxylic acids is 2. The normalized spacial score (nSPS) is 20.2. The average molecular weight is 491 g/mol. The van der Waals surface area contributed by atoms with Gasteiger partial charge in [-0.2, -0.15) is 0 Å². The first-order valence-corrected chi connectivity index (χ1v) is 12.2. The molecule has 2 bridgehead atoms. The van der Waals surface area contributed by atoms with Crippen molar-refractivity contribution in [3.8, 4) is 0 Å². The van der Waals surface area contributed by atoms with Crippen molar-refractivity contribution in [1.82, 2.24) is 14.9 Å². The quantitative estimate of drug-likeness (QED) is 0.534. The van der Waals surface area contributed by atoms with E-state index < -0.39 is 11.4 Å². The largest absolute Gasteiger partial charge is 0.444 e. The van der Waals surface area contributed by atoms with Crippen molar-refractivity contribution in [3.63, 3.8) is 0 Å². The van der Waals surface area contributed by atoms with E-state index in [1.807, 2.05) is 32.6 Å². The predicted octanol–water partition coefficient (Wildman–Crippen LogP) is 5.23. The smallest absolute Gasteiger partial charge is 0.410 e. The molecule has 0 spiro atoms. The molecular formula is C25H32ClFN4O3. The molecule has 0 aliphatic carbocycles. The van der Waals surface area contributed by atoms with Gasteiger partial charge in [0.25, 0.3) is 0 Å². The van der Waals surface area contributed by atoms with Gasteiger partial charge in [-0.05, 0) is 65.9 Å². The molecule has 9 heteroatoms. The number of nitrogens with zero attached hydrogens (tertiary/aromatic N) is 4. The highest BCUT2D eigenvalue weighted by Crippen LogP contribution is 2.38. The number of Topliss-reactive ketones (excluding diaryl/α,β-unsaturated/α-hetero) is 1. The van der Waals surface area contributed by atoms with Gasteiger partial charge in [0, 0.05) is 42.2 Å². The number of amides is 1. The number of pyridine rings is 2. The molecule has 0 saturated carbocycles. The molecule has 34 heavy (non-hydrogen) atoms. The summed E-state index contributed by atoms with van der Waals surface area (Å²) in [5.41, 5.74) is 0.922. The summed E-state index contributed by atoms with van der Waals surface area (Å²) in [4.78, 5) is 37.3. The van der Waals surface area contributed by atoms with Gasteiger partial charge in [0.15, 0.2) is 11.0 Å². The van der Waals surface area contributed by atoms with E-state index in [9.17, 15) is 9.59 Å². The average Bonchev–Trinajstić information content (AvgIpc) is 3.00. The summed E-state index contributed by atoms with van der Waals surface area (Å²) >= 11 is 6.04. The second-order valence-electron chi connectivity index (χ2n) is 10.4. The molecule has 1 amide bonds. The maximum Gasteiger partial charge on any atom is 0.410 e. The van der Waals surface area contributed by atoms with E-state index in [2.05, 4.69) is 9.88 Å². The van der Waals surface area contributed by atoms with Gasteiger partial charge >= 0.3 is 6.09 Å². The van der Waals surface area contributed by atoms with Crippen molar-refractivity contribution < 1.29 is 18.7 Å². The van der Waals surface area contributed by atoms with E-state index in [-0.39, 0.29) is 29.1 Å². The molecule has 2 atom stereocenters. The maximum absolute atomic E-state index is 15.2. The van der Waals surface area contributed by atoms with Crippen LogP contribution in [0.4, 0.5) is 15.0 Å². The van der Waals surface area contributed by atoms with Crippen LogP contribution in [0.15, 0.2) is 6.20 Å². The highest BCUT2D eigenvalue weighted by atomic mass is 35.5. The second-order valence-corrected chi connectivity index (χ2v) is 10.7. The van der Waals surface area contributed by atoms with Crippen molar-refractivity contribution in [2.24, 2.45) is 0 Å². The number of carbonyl (C=O) groups is 2. The number of ether oxygens (including phenoxy) is 1. The third-order valence-electron chi connectivity index (χ3n) is 6.60. The zero-order valence-corrected chi connectivity index (χ0v) is 21.2. The number of ketones is 1. The van der Waals surface area contributed by atoms with Gasteiger partial charge in [0.05, 0.1) is 12.1 Å². The number of rotatable bonds is 5. The lowest BCUT2D eigenvalue weighted by molar-refractivity contribution is -0.117. The van der Waals surface area contributed by atoms with Gasteiger partial charge in [-0.15, -0.1) is 0 Å². The summed E-state index contributed by atoms with van der Waals surface area (Å²) in [5.74, 6) is 0.220. The Morgan fingerprint density at radius 1 is 1.24 bits per heavy atom. The summed E-state index contributed by atoms with van der Waals surface area (Å²) in [6.45, 7) is 10.2. The summed E-state index contributed by atoms with van der Waals surface area (Å²) in [6.07, 6.45) is 4.72. The molecule has 0 radical (unpaired) electrons. The van der Waals surface area contributed by atoms with E-state index >= 15 is 4.39 Å². The van der Waals surface area contributed by atoms with Gasteiger partial charge in [-0.25, -0.2) is 19.2 Å². The predicted molar refractivity (Wildman–Crippen MR) is 130 cm³/mol. The Hall–Kier alpha value is -2.48. The Morgan fingerprint density at radius 2 is 1.88 bits per heavy atom. The van der Waals surface area contributed by atoms with Crippen LogP contribution < -0.4 is 4.90 Å². The number of piperazine rings is 1. The van der Waals surface area contributed by atoms with E-state index in [0.29, 0.717) is 48.9 Å². The fourth-order valence-electron chi connectivity index (χ4n) is 5.09. The van der Waals surface area contributed by atoms with Crippen molar-refractivity contribution in [2.75, 3.05) is 18.0 Å². The first-order valence-electron chi connectivity index (χ1n) is 11.8. The summed E-state index contributed by atoms with van der Waals surface area (Å²) < 4.78 is 20.8. The first-order chi connectivity index (χ1) is 16.0. The lowest BCUT2D eigenvalue weighted by atomic mass is 10.0. The van der Waals surface area contributed by atoms with Crippen LogP contribution in [0.25, 0.3) is 10.8 Å². The number of hydrogen-bond acceptors (Lipinski definition) is 6. The number of aromatic nitrogens is 2. The van der Waals surface area contributed by atoms with Crippen LogP contribution in [-0.2, 0) is 16.0 Å². The summed E-state index contributed by atoms with van der Waals surface area (Å²) in [5, 5.41) is 0.863. The van der Waals surface area contributed by atoms with E-state index in [4.69, 9.17) is 21.3 Å². The van der Waals surface area contributed by atoms with Crippen LogP contribution in [0.1, 0.15) is 64.6 Å². The van der Waals surface area contributed by atoms with Gasteiger partial charge in [-0.3, -0.25) is 4.90 Å². The number of hydrogen-bond donors (Lipinski definition) is 0. The van der Waals surface area contributed by atoms with Crippen LogP contribution in [-0.4, -0.2) is 57.5 Å².